The zero-order valence-corrected chi connectivity index (χ0v) is 24.5. The summed E-state index contributed by atoms with van der Waals surface area (Å²) in [6.07, 6.45) is -0.620. The fourth-order valence-electron chi connectivity index (χ4n) is 4.67. The predicted molar refractivity (Wildman–Crippen MR) is 163 cm³/mol. The Morgan fingerprint density at radius 2 is 1.74 bits per heavy atom. The standard InChI is InChI=1S/C31H29F3N6O2S/c1-20-6-4-7-21(2)27(20)39-16-5-17-43-30(39)37-29(41)35-18-22(3)23-8-10-24(11-9-23)28-36-19-40(38-28)25-12-14-26(15-13-25)42-31(32,33)34/h4,6-15,18-19H,5,16-17H2,1-3H3,(H,35,41)/b22-18+,37-30-. The van der Waals surface area contributed by atoms with Crippen LogP contribution in [0.5, 0.6) is 5.75 Å². The summed E-state index contributed by atoms with van der Waals surface area (Å²) in [5.41, 5.74) is 6.40. The number of urea groups is 1. The molecule has 12 heteroatoms. The van der Waals surface area contributed by atoms with Crippen molar-refractivity contribution in [2.24, 2.45) is 4.99 Å². The summed E-state index contributed by atoms with van der Waals surface area (Å²) < 4.78 is 42.6. The zero-order valence-electron chi connectivity index (χ0n) is 23.7. The fourth-order valence-corrected chi connectivity index (χ4v) is 5.61. The number of halogens is 3. The van der Waals surface area contributed by atoms with E-state index in [0.29, 0.717) is 16.7 Å². The molecule has 0 spiro atoms. The average molecular weight is 607 g/mol. The molecular formula is C31H29F3N6O2S. The number of carbonyl (C=O) groups is 1. The highest BCUT2D eigenvalue weighted by Crippen LogP contribution is 2.31. The van der Waals surface area contributed by atoms with Gasteiger partial charge in [-0.15, -0.1) is 18.3 Å². The number of anilines is 1. The number of carbonyl (C=O) groups excluding carboxylic acids is 1. The van der Waals surface area contributed by atoms with E-state index in [4.69, 9.17) is 0 Å². The van der Waals surface area contributed by atoms with Crippen molar-refractivity contribution in [2.45, 2.75) is 33.6 Å². The molecule has 2 heterocycles. The quantitative estimate of drug-likeness (QED) is 0.244. The molecule has 4 aromatic rings. The van der Waals surface area contributed by atoms with Crippen molar-refractivity contribution in [3.8, 4) is 22.8 Å². The highest BCUT2D eigenvalue weighted by atomic mass is 32.2. The zero-order chi connectivity index (χ0) is 30.6. The van der Waals surface area contributed by atoms with Crippen LogP contribution in [0.1, 0.15) is 30.0 Å². The van der Waals surface area contributed by atoms with E-state index >= 15 is 0 Å². The second kappa shape index (κ2) is 12.7. The van der Waals surface area contributed by atoms with Crippen molar-refractivity contribution in [2.75, 3.05) is 17.2 Å². The first kappa shape index (κ1) is 29.9. The van der Waals surface area contributed by atoms with Gasteiger partial charge in [0, 0.05) is 29.7 Å². The number of benzene rings is 3. The summed E-state index contributed by atoms with van der Waals surface area (Å²) in [5, 5.41) is 7.91. The maximum atomic E-state index is 12.8. The van der Waals surface area contributed by atoms with Gasteiger partial charge < -0.3 is 15.0 Å². The summed E-state index contributed by atoms with van der Waals surface area (Å²) in [7, 11) is 0. The Morgan fingerprint density at radius 1 is 1.05 bits per heavy atom. The number of aliphatic imine (C=N–C) groups is 1. The lowest BCUT2D eigenvalue weighted by molar-refractivity contribution is -0.274. The molecule has 3 aromatic carbocycles. The Morgan fingerprint density at radius 3 is 2.42 bits per heavy atom. The molecule has 0 bridgehead atoms. The number of hydrogen-bond donors (Lipinski definition) is 1. The summed E-state index contributed by atoms with van der Waals surface area (Å²) in [6.45, 7) is 6.83. The number of amidine groups is 1. The van der Waals surface area contributed by atoms with E-state index in [1.54, 1.807) is 18.0 Å². The van der Waals surface area contributed by atoms with Crippen LogP contribution >= 0.6 is 11.8 Å². The number of nitrogens with zero attached hydrogens (tertiary/aromatic N) is 5. The van der Waals surface area contributed by atoms with Crippen molar-refractivity contribution in [3.63, 3.8) is 0 Å². The summed E-state index contributed by atoms with van der Waals surface area (Å²) in [4.78, 5) is 23.6. The van der Waals surface area contributed by atoms with Gasteiger partial charge in [-0.1, -0.05) is 54.2 Å². The van der Waals surface area contributed by atoms with Gasteiger partial charge in [0.15, 0.2) is 11.0 Å². The van der Waals surface area contributed by atoms with E-state index < -0.39 is 12.4 Å². The van der Waals surface area contributed by atoms with Gasteiger partial charge in [0.2, 0.25) is 0 Å². The third-order valence-electron chi connectivity index (χ3n) is 6.73. The van der Waals surface area contributed by atoms with Gasteiger partial charge in [-0.3, -0.25) is 0 Å². The second-order valence-corrected chi connectivity index (χ2v) is 11.0. The van der Waals surface area contributed by atoms with Crippen LogP contribution in [0.25, 0.3) is 22.6 Å². The Kier molecular flexibility index (Phi) is 8.86. The number of allylic oxidation sites excluding steroid dienone is 1. The third-order valence-corrected chi connectivity index (χ3v) is 7.79. The molecule has 1 aliphatic rings. The van der Waals surface area contributed by atoms with Gasteiger partial charge in [0.05, 0.1) is 5.69 Å². The molecule has 1 saturated heterocycles. The van der Waals surface area contributed by atoms with Crippen LogP contribution in [-0.2, 0) is 0 Å². The fraction of sp³-hybridized carbons (Fsp3) is 0.226. The Bertz CT molecular complexity index is 1640. The molecule has 1 aliphatic heterocycles. The highest BCUT2D eigenvalue weighted by Gasteiger charge is 2.31. The van der Waals surface area contributed by atoms with Crippen LogP contribution < -0.4 is 15.0 Å². The Balaban J connectivity index is 1.23. The molecule has 1 N–H and O–H groups in total. The molecule has 8 nitrogen and oxygen atoms in total. The molecular weight excluding hydrogens is 577 g/mol. The monoisotopic (exact) mass is 606 g/mol. The normalized spacial score (nSPS) is 15.1. The smallest absolute Gasteiger partial charge is 0.406 e. The minimum Gasteiger partial charge on any atom is -0.406 e. The Labute approximate surface area is 251 Å². The number of para-hydroxylation sites is 1. The lowest BCUT2D eigenvalue weighted by Gasteiger charge is -2.31. The van der Waals surface area contributed by atoms with E-state index in [1.165, 1.54) is 35.3 Å². The van der Waals surface area contributed by atoms with Gasteiger partial charge in [-0.05, 0) is 73.7 Å². The number of thioether (sulfide) groups is 1. The van der Waals surface area contributed by atoms with Crippen LogP contribution in [-0.4, -0.2) is 44.6 Å². The number of hydrogen-bond acceptors (Lipinski definition) is 5. The molecule has 43 heavy (non-hydrogen) atoms. The van der Waals surface area contributed by atoms with Crippen molar-refractivity contribution < 1.29 is 22.7 Å². The summed E-state index contributed by atoms with van der Waals surface area (Å²) >= 11 is 1.58. The molecule has 5 rings (SSSR count). The lowest BCUT2D eigenvalue weighted by Crippen LogP contribution is -2.36. The van der Waals surface area contributed by atoms with E-state index in [2.05, 4.69) is 56.0 Å². The van der Waals surface area contributed by atoms with Crippen molar-refractivity contribution >= 4 is 34.2 Å². The van der Waals surface area contributed by atoms with Crippen LogP contribution in [0.4, 0.5) is 23.7 Å². The van der Waals surface area contributed by atoms with Gasteiger partial charge in [0.25, 0.3) is 0 Å². The summed E-state index contributed by atoms with van der Waals surface area (Å²) in [5.74, 6) is 1.04. The van der Waals surface area contributed by atoms with Gasteiger partial charge >= 0.3 is 12.4 Å². The van der Waals surface area contributed by atoms with Crippen molar-refractivity contribution in [1.29, 1.82) is 0 Å². The minimum absolute atomic E-state index is 0.314. The maximum absolute atomic E-state index is 12.8. The molecule has 0 saturated carbocycles. The number of aromatic nitrogens is 3. The molecule has 0 unspecified atom stereocenters. The largest absolute Gasteiger partial charge is 0.573 e. The maximum Gasteiger partial charge on any atom is 0.573 e. The predicted octanol–water partition coefficient (Wildman–Crippen LogP) is 7.52. The molecule has 0 radical (unpaired) electrons. The van der Waals surface area contributed by atoms with Gasteiger partial charge in [-0.2, -0.15) is 4.99 Å². The van der Waals surface area contributed by atoms with E-state index in [-0.39, 0.29) is 5.75 Å². The van der Waals surface area contributed by atoms with Gasteiger partial charge in [0.1, 0.15) is 12.1 Å². The molecule has 1 fully saturated rings. The Hall–Kier alpha value is -4.58. The summed E-state index contributed by atoms with van der Waals surface area (Å²) in [6, 6.07) is 18.6. The molecule has 1 aromatic heterocycles. The molecule has 0 atom stereocenters. The van der Waals surface area contributed by atoms with Crippen molar-refractivity contribution in [3.05, 3.63) is 95.9 Å². The first-order valence-corrected chi connectivity index (χ1v) is 14.5. The number of amides is 2. The number of nitrogens with one attached hydrogen (secondary N) is 1. The van der Waals surface area contributed by atoms with E-state index in [0.717, 1.165) is 52.2 Å². The van der Waals surface area contributed by atoms with Crippen LogP contribution in [0, 0.1) is 13.8 Å². The van der Waals surface area contributed by atoms with Crippen LogP contribution in [0.15, 0.2) is 84.2 Å². The molecule has 2 amide bonds. The van der Waals surface area contributed by atoms with Gasteiger partial charge in [-0.25, -0.2) is 14.5 Å². The first-order chi connectivity index (χ1) is 20.6. The second-order valence-electron chi connectivity index (χ2n) is 9.90. The highest BCUT2D eigenvalue weighted by molar-refractivity contribution is 8.14. The number of ether oxygens (including phenoxy) is 1. The van der Waals surface area contributed by atoms with Crippen LogP contribution in [0.2, 0.25) is 0 Å². The van der Waals surface area contributed by atoms with E-state index in [9.17, 15) is 18.0 Å². The minimum atomic E-state index is -4.75. The number of aryl methyl sites for hydroxylation is 2. The number of rotatable bonds is 6. The molecule has 222 valence electrons. The third kappa shape index (κ3) is 7.44. The van der Waals surface area contributed by atoms with Crippen LogP contribution in [0.3, 0.4) is 0 Å². The topological polar surface area (TPSA) is 84.6 Å². The molecule has 0 aliphatic carbocycles. The van der Waals surface area contributed by atoms with Crippen molar-refractivity contribution in [1.82, 2.24) is 20.1 Å². The SMILES string of the molecule is C/C(=C\NC(=O)/N=C1\SCCCN1c1c(C)cccc1C)c1ccc(-c2ncn(-c3ccc(OC(F)(F)F)cc3)n2)cc1. The van der Waals surface area contributed by atoms with E-state index in [1.807, 2.05) is 37.3 Å². The lowest BCUT2D eigenvalue weighted by atomic mass is 10.1. The average Bonchev–Trinajstić information content (AvgIpc) is 3.47. The first-order valence-electron chi connectivity index (χ1n) is 13.5. The number of alkyl halides is 3.